The van der Waals surface area contributed by atoms with Gasteiger partial charge in [-0.05, 0) is 47.9 Å². The molecule has 0 bridgehead atoms. The predicted octanol–water partition coefficient (Wildman–Crippen LogP) is 6.75. The van der Waals surface area contributed by atoms with Crippen LogP contribution < -0.4 is 10.0 Å². The predicted molar refractivity (Wildman–Crippen MR) is 146 cm³/mol. The van der Waals surface area contributed by atoms with Gasteiger partial charge in [0.1, 0.15) is 17.6 Å². The molecule has 0 saturated heterocycles. The van der Waals surface area contributed by atoms with Crippen LogP contribution in [-0.2, 0) is 11.2 Å². The molecule has 3 N–H and O–H groups in total. The number of methoxy groups -OCH3 is 1. The smallest absolute Gasteiger partial charge is 0.411 e. The number of aromatic amines is 1. The Bertz CT molecular complexity index is 1660. The minimum absolute atomic E-state index is 0.128. The molecule has 5 aromatic rings. The van der Waals surface area contributed by atoms with Crippen LogP contribution in [0.5, 0.6) is 0 Å². The van der Waals surface area contributed by atoms with E-state index in [1.807, 2.05) is 42.5 Å². The minimum Gasteiger partial charge on any atom is -0.453 e. The zero-order chi connectivity index (χ0) is 28.2. The highest BCUT2D eigenvalue weighted by Gasteiger charge is 2.29. The normalized spacial score (nSPS) is 11.7. The van der Waals surface area contributed by atoms with Gasteiger partial charge in [0.15, 0.2) is 5.82 Å². The summed E-state index contributed by atoms with van der Waals surface area (Å²) in [7, 11) is 1.29. The molecule has 0 radical (unpaired) electrons. The van der Waals surface area contributed by atoms with E-state index in [0.29, 0.717) is 23.6 Å². The highest BCUT2D eigenvalue weighted by Crippen LogP contribution is 2.32. The fraction of sp³-hybridized carbons (Fsp3) is 0.100. The number of ether oxygens (including phenoxy) is 1. The molecule has 0 spiro atoms. The summed E-state index contributed by atoms with van der Waals surface area (Å²) in [4.78, 5) is 19.4. The Balaban J connectivity index is 1.50. The fourth-order valence-electron chi connectivity index (χ4n) is 4.47. The van der Waals surface area contributed by atoms with Crippen LogP contribution in [0, 0.1) is 11.6 Å². The van der Waals surface area contributed by atoms with Gasteiger partial charge in [0, 0.05) is 16.5 Å². The number of hydrogen-bond donors (Lipinski definition) is 3. The molecule has 2 heterocycles. The number of benzene rings is 3. The Morgan fingerprint density at radius 2 is 1.77 bits per heavy atom. The number of hydrogen-bond acceptors (Lipinski definition) is 4. The van der Waals surface area contributed by atoms with Gasteiger partial charge in [-0.15, -0.1) is 0 Å². The number of amides is 1. The maximum atomic E-state index is 14.7. The van der Waals surface area contributed by atoms with Gasteiger partial charge in [0.25, 0.3) is 0 Å². The van der Waals surface area contributed by atoms with Crippen molar-refractivity contribution in [3.8, 4) is 22.4 Å². The van der Waals surface area contributed by atoms with Crippen LogP contribution in [0.3, 0.4) is 0 Å². The molecule has 2 aromatic heterocycles. The first-order valence-electron chi connectivity index (χ1n) is 12.3. The van der Waals surface area contributed by atoms with Crippen molar-refractivity contribution in [2.24, 2.45) is 0 Å². The molecule has 0 saturated carbocycles. The van der Waals surface area contributed by atoms with Crippen molar-refractivity contribution in [2.45, 2.75) is 12.3 Å². The topological polar surface area (TPSA) is 91.1 Å². The standard InChI is InChI=1S/C30H23ClF2N4O3/c1-40-30(38)35-21-10-7-19(8-11-21)25-16-34-29(36-25)22(15-18-5-3-2-4-6-18)26-14-9-20(17-37(26)39)27-24(32)13-12-23(31)28(27)33/h2-14,16-17,22H,15H2,1H3,(H2-,34,35,36,38,39)/p+1. The summed E-state index contributed by atoms with van der Waals surface area (Å²) >= 11 is 5.87. The quantitative estimate of drug-likeness (QED) is 0.116. The maximum absolute atomic E-state index is 14.7. The molecule has 10 heteroatoms. The molecule has 1 amide bonds. The number of pyridine rings is 1. The molecule has 0 aliphatic heterocycles. The molecule has 40 heavy (non-hydrogen) atoms. The summed E-state index contributed by atoms with van der Waals surface area (Å²) in [5.41, 5.74) is 3.38. The summed E-state index contributed by atoms with van der Waals surface area (Å²) < 4.78 is 34.6. The van der Waals surface area contributed by atoms with Crippen LogP contribution in [0.4, 0.5) is 19.3 Å². The molecule has 3 aromatic carbocycles. The van der Waals surface area contributed by atoms with E-state index in [9.17, 15) is 18.8 Å². The number of carbonyl (C=O) groups excluding carboxylic acids is 1. The van der Waals surface area contributed by atoms with E-state index >= 15 is 0 Å². The maximum Gasteiger partial charge on any atom is 0.411 e. The number of imidazole rings is 1. The molecular weight excluding hydrogens is 538 g/mol. The van der Waals surface area contributed by atoms with Crippen LogP contribution in [0.2, 0.25) is 5.02 Å². The van der Waals surface area contributed by atoms with Gasteiger partial charge in [0.05, 0.1) is 35.2 Å². The van der Waals surface area contributed by atoms with Crippen molar-refractivity contribution < 1.29 is 28.2 Å². The third-order valence-corrected chi connectivity index (χ3v) is 6.78. The monoisotopic (exact) mass is 561 g/mol. The van der Waals surface area contributed by atoms with Crippen molar-refractivity contribution in [3.05, 3.63) is 125 Å². The van der Waals surface area contributed by atoms with Gasteiger partial charge in [-0.1, -0.05) is 54.1 Å². The molecule has 0 aliphatic carbocycles. The Morgan fingerprint density at radius 3 is 2.48 bits per heavy atom. The lowest BCUT2D eigenvalue weighted by atomic mass is 9.94. The highest BCUT2D eigenvalue weighted by atomic mass is 35.5. The van der Waals surface area contributed by atoms with E-state index in [1.165, 1.54) is 19.4 Å². The number of H-pyrrole nitrogens is 1. The first-order valence-corrected chi connectivity index (χ1v) is 12.6. The number of carbonyl (C=O) groups is 1. The average Bonchev–Trinajstić information content (AvgIpc) is 3.45. The second kappa shape index (κ2) is 11.5. The second-order valence-corrected chi connectivity index (χ2v) is 9.43. The SMILES string of the molecule is COC(=O)Nc1ccc(-c2cnc(C(Cc3ccccc3)c3ccc(-c4c(F)ccc(Cl)c4F)c[n+]3O)[nH]2)cc1. The molecule has 0 aliphatic rings. The minimum atomic E-state index is -0.904. The third kappa shape index (κ3) is 5.64. The number of rotatable bonds is 7. The van der Waals surface area contributed by atoms with Crippen molar-refractivity contribution in [2.75, 3.05) is 12.4 Å². The van der Waals surface area contributed by atoms with Gasteiger partial charge in [-0.3, -0.25) is 10.5 Å². The van der Waals surface area contributed by atoms with Gasteiger partial charge in [-0.2, -0.15) is 0 Å². The van der Waals surface area contributed by atoms with Crippen molar-refractivity contribution in [3.63, 3.8) is 0 Å². The van der Waals surface area contributed by atoms with E-state index in [4.69, 9.17) is 11.6 Å². The summed E-state index contributed by atoms with van der Waals surface area (Å²) in [6.45, 7) is 0. The molecule has 1 atom stereocenters. The lowest BCUT2D eigenvalue weighted by molar-refractivity contribution is -0.909. The molecule has 202 valence electrons. The van der Waals surface area contributed by atoms with Crippen molar-refractivity contribution in [1.82, 2.24) is 9.97 Å². The number of aromatic nitrogens is 3. The first kappa shape index (κ1) is 26.8. The second-order valence-electron chi connectivity index (χ2n) is 9.02. The lowest BCUT2D eigenvalue weighted by Gasteiger charge is -2.13. The average molecular weight is 562 g/mol. The Morgan fingerprint density at radius 1 is 1.05 bits per heavy atom. The number of halogens is 3. The highest BCUT2D eigenvalue weighted by molar-refractivity contribution is 6.31. The number of nitrogens with zero attached hydrogens (tertiary/aromatic N) is 2. The van der Waals surface area contributed by atoms with E-state index in [1.54, 1.807) is 24.4 Å². The van der Waals surface area contributed by atoms with Crippen LogP contribution in [0.15, 0.2) is 91.3 Å². The number of anilines is 1. The van der Waals surface area contributed by atoms with E-state index in [2.05, 4.69) is 20.0 Å². The van der Waals surface area contributed by atoms with Crippen molar-refractivity contribution in [1.29, 1.82) is 0 Å². The van der Waals surface area contributed by atoms with Crippen molar-refractivity contribution >= 4 is 23.4 Å². The lowest BCUT2D eigenvalue weighted by Crippen LogP contribution is -2.37. The molecule has 5 rings (SSSR count). The van der Waals surface area contributed by atoms with Gasteiger partial charge >= 0.3 is 6.09 Å². The largest absolute Gasteiger partial charge is 0.453 e. The van der Waals surface area contributed by atoms with Gasteiger partial charge in [0.2, 0.25) is 11.9 Å². The Kier molecular flexibility index (Phi) is 7.75. The molecular formula is C30H24ClF2N4O3+. The molecule has 0 fully saturated rings. The number of nitrogens with one attached hydrogen (secondary N) is 2. The molecule has 7 nitrogen and oxygen atoms in total. The molecule has 1 unspecified atom stereocenters. The third-order valence-electron chi connectivity index (χ3n) is 6.49. The summed E-state index contributed by atoms with van der Waals surface area (Å²) in [5.74, 6) is -1.56. The summed E-state index contributed by atoms with van der Waals surface area (Å²) in [5, 5.41) is 13.4. The van der Waals surface area contributed by atoms with E-state index in [0.717, 1.165) is 33.7 Å². The zero-order valence-electron chi connectivity index (χ0n) is 21.2. The fourth-order valence-corrected chi connectivity index (χ4v) is 4.63. The summed E-state index contributed by atoms with van der Waals surface area (Å²) in [6, 6.07) is 22.2. The van der Waals surface area contributed by atoms with E-state index in [-0.39, 0.29) is 16.1 Å². The van der Waals surface area contributed by atoms with Crippen LogP contribution in [0.1, 0.15) is 23.0 Å². The summed E-state index contributed by atoms with van der Waals surface area (Å²) in [6.07, 6.45) is 2.85. The zero-order valence-corrected chi connectivity index (χ0v) is 22.0. The van der Waals surface area contributed by atoms with Gasteiger partial charge < -0.3 is 9.72 Å². The Labute approximate surface area is 233 Å². The Hall–Kier alpha value is -4.76. The van der Waals surface area contributed by atoms with E-state index < -0.39 is 23.6 Å². The van der Waals surface area contributed by atoms with Crippen LogP contribution in [0.25, 0.3) is 22.4 Å². The van der Waals surface area contributed by atoms with Gasteiger partial charge in [-0.25, -0.2) is 18.6 Å². The van der Waals surface area contributed by atoms with Crippen LogP contribution in [-0.4, -0.2) is 28.4 Å². The van der Waals surface area contributed by atoms with Crippen LogP contribution >= 0.6 is 11.6 Å². The first-order chi connectivity index (χ1) is 19.3.